The summed E-state index contributed by atoms with van der Waals surface area (Å²) in [7, 11) is 1.44. The lowest BCUT2D eigenvalue weighted by atomic mass is 10.0. The summed E-state index contributed by atoms with van der Waals surface area (Å²) in [5.41, 5.74) is 6.67. The third-order valence-electron chi connectivity index (χ3n) is 2.29. The zero-order valence-corrected chi connectivity index (χ0v) is 8.87. The topological polar surface area (TPSA) is 35.2 Å². The highest BCUT2D eigenvalue weighted by Crippen LogP contribution is 2.22. The van der Waals surface area contributed by atoms with Gasteiger partial charge in [0.05, 0.1) is 7.11 Å². The van der Waals surface area contributed by atoms with Crippen molar-refractivity contribution in [2.45, 2.75) is 18.9 Å². The van der Waals surface area contributed by atoms with Gasteiger partial charge in [-0.25, -0.2) is 4.39 Å². The Morgan fingerprint density at radius 3 is 2.87 bits per heavy atom. The maximum atomic E-state index is 13.3. The van der Waals surface area contributed by atoms with Crippen LogP contribution in [0, 0.1) is 5.82 Å². The van der Waals surface area contributed by atoms with Crippen LogP contribution < -0.4 is 10.5 Å². The van der Waals surface area contributed by atoms with Crippen molar-refractivity contribution in [3.05, 3.63) is 42.2 Å². The Labute approximate surface area is 89.6 Å². The van der Waals surface area contributed by atoms with Crippen LogP contribution in [0.4, 0.5) is 4.39 Å². The predicted octanol–water partition coefficient (Wildman–Crippen LogP) is 2.80. The van der Waals surface area contributed by atoms with Gasteiger partial charge in [0.2, 0.25) is 0 Å². The Bertz CT molecular complexity index is 338. The first kappa shape index (κ1) is 11.7. The molecule has 3 heteroatoms. The number of allylic oxidation sites excluding steroid dienone is 1. The van der Waals surface area contributed by atoms with E-state index in [1.165, 1.54) is 13.2 Å². The number of benzene rings is 1. The first-order chi connectivity index (χ1) is 7.19. The quantitative estimate of drug-likeness (QED) is 0.757. The average molecular weight is 209 g/mol. The molecule has 0 aliphatic heterocycles. The lowest BCUT2D eigenvalue weighted by molar-refractivity contribution is 0.385. The molecule has 0 saturated carbocycles. The van der Waals surface area contributed by atoms with E-state index in [9.17, 15) is 4.39 Å². The molecule has 0 heterocycles. The Kier molecular flexibility index (Phi) is 4.31. The SMILES string of the molecule is C=CCC[C@@H](N)c1ccc(OC)c(F)c1. The van der Waals surface area contributed by atoms with Crippen molar-refractivity contribution < 1.29 is 9.13 Å². The maximum absolute atomic E-state index is 13.3. The number of nitrogens with two attached hydrogens (primary N) is 1. The fourth-order valence-corrected chi connectivity index (χ4v) is 1.38. The molecule has 0 aliphatic carbocycles. The second-order valence-corrected chi connectivity index (χ2v) is 3.37. The minimum Gasteiger partial charge on any atom is -0.494 e. The minimum atomic E-state index is -0.371. The van der Waals surface area contributed by atoms with E-state index >= 15 is 0 Å². The van der Waals surface area contributed by atoms with E-state index in [0.717, 1.165) is 18.4 Å². The number of halogens is 1. The van der Waals surface area contributed by atoms with Crippen molar-refractivity contribution in [1.29, 1.82) is 0 Å². The van der Waals surface area contributed by atoms with Gasteiger partial charge in [-0.3, -0.25) is 0 Å². The van der Waals surface area contributed by atoms with Gasteiger partial charge in [-0.1, -0.05) is 12.1 Å². The molecule has 1 aromatic rings. The van der Waals surface area contributed by atoms with Crippen molar-refractivity contribution >= 4 is 0 Å². The van der Waals surface area contributed by atoms with E-state index < -0.39 is 0 Å². The molecule has 1 aromatic carbocycles. The van der Waals surface area contributed by atoms with E-state index in [1.807, 2.05) is 0 Å². The summed E-state index contributed by atoms with van der Waals surface area (Å²) in [6.45, 7) is 3.62. The normalized spacial score (nSPS) is 12.2. The summed E-state index contributed by atoms with van der Waals surface area (Å²) in [5, 5.41) is 0. The molecule has 1 atom stereocenters. The lowest BCUT2D eigenvalue weighted by Gasteiger charge is -2.11. The van der Waals surface area contributed by atoms with Crippen molar-refractivity contribution in [1.82, 2.24) is 0 Å². The van der Waals surface area contributed by atoms with Crippen LogP contribution in [-0.4, -0.2) is 7.11 Å². The molecular weight excluding hydrogens is 193 g/mol. The lowest BCUT2D eigenvalue weighted by Crippen LogP contribution is -2.10. The van der Waals surface area contributed by atoms with Gasteiger partial charge < -0.3 is 10.5 Å². The van der Waals surface area contributed by atoms with Crippen LogP contribution in [0.15, 0.2) is 30.9 Å². The monoisotopic (exact) mass is 209 g/mol. The van der Waals surface area contributed by atoms with Crippen LogP contribution >= 0.6 is 0 Å². The highest BCUT2D eigenvalue weighted by Gasteiger charge is 2.08. The summed E-state index contributed by atoms with van der Waals surface area (Å²) in [6.07, 6.45) is 3.41. The molecule has 2 N–H and O–H groups in total. The fourth-order valence-electron chi connectivity index (χ4n) is 1.38. The summed E-state index contributed by atoms with van der Waals surface area (Å²) < 4.78 is 18.2. The zero-order valence-electron chi connectivity index (χ0n) is 8.87. The second kappa shape index (κ2) is 5.51. The molecule has 2 nitrogen and oxygen atoms in total. The molecule has 82 valence electrons. The van der Waals surface area contributed by atoms with Crippen molar-refractivity contribution in [3.8, 4) is 5.75 Å². The molecule has 1 rings (SSSR count). The predicted molar refractivity (Wildman–Crippen MR) is 59.3 cm³/mol. The zero-order chi connectivity index (χ0) is 11.3. The van der Waals surface area contributed by atoms with Crippen LogP contribution in [0.25, 0.3) is 0 Å². The van der Waals surface area contributed by atoms with Gasteiger partial charge in [0.25, 0.3) is 0 Å². The van der Waals surface area contributed by atoms with Gasteiger partial charge in [0, 0.05) is 6.04 Å². The van der Waals surface area contributed by atoms with E-state index in [1.54, 1.807) is 18.2 Å². The van der Waals surface area contributed by atoms with Gasteiger partial charge in [0.15, 0.2) is 11.6 Å². The van der Waals surface area contributed by atoms with Gasteiger partial charge in [-0.05, 0) is 30.5 Å². The standard InChI is InChI=1S/C12H16FNO/c1-3-4-5-11(14)9-6-7-12(15-2)10(13)8-9/h3,6-8,11H,1,4-5,14H2,2H3/t11-/m1/s1. The number of hydrogen-bond acceptors (Lipinski definition) is 2. The highest BCUT2D eigenvalue weighted by atomic mass is 19.1. The second-order valence-electron chi connectivity index (χ2n) is 3.37. The molecule has 0 unspecified atom stereocenters. The van der Waals surface area contributed by atoms with Crippen LogP contribution in [0.3, 0.4) is 0 Å². The van der Waals surface area contributed by atoms with Crippen LogP contribution in [0.1, 0.15) is 24.4 Å². The smallest absolute Gasteiger partial charge is 0.165 e. The first-order valence-electron chi connectivity index (χ1n) is 4.89. The summed E-state index contributed by atoms with van der Waals surface area (Å²) >= 11 is 0. The van der Waals surface area contributed by atoms with E-state index in [0.29, 0.717) is 0 Å². The molecule has 0 amide bonds. The van der Waals surface area contributed by atoms with Crippen molar-refractivity contribution in [3.63, 3.8) is 0 Å². The van der Waals surface area contributed by atoms with Crippen LogP contribution in [0.5, 0.6) is 5.75 Å². The molecule has 0 bridgehead atoms. The molecule has 0 aliphatic rings. The molecule has 0 spiro atoms. The van der Waals surface area contributed by atoms with E-state index in [-0.39, 0.29) is 17.6 Å². The van der Waals surface area contributed by atoms with Crippen LogP contribution in [0.2, 0.25) is 0 Å². The van der Waals surface area contributed by atoms with Gasteiger partial charge in [-0.15, -0.1) is 6.58 Å². The molecular formula is C12H16FNO. The summed E-state index contributed by atoms with van der Waals surface area (Å²) in [4.78, 5) is 0. The maximum Gasteiger partial charge on any atom is 0.165 e. The minimum absolute atomic E-state index is 0.150. The number of hydrogen-bond donors (Lipinski definition) is 1. The molecule has 0 fully saturated rings. The molecule has 0 saturated heterocycles. The molecule has 0 aromatic heterocycles. The van der Waals surface area contributed by atoms with Crippen LogP contribution in [-0.2, 0) is 0 Å². The number of rotatable bonds is 5. The Morgan fingerprint density at radius 2 is 2.33 bits per heavy atom. The van der Waals surface area contributed by atoms with Gasteiger partial charge in [0.1, 0.15) is 0 Å². The largest absolute Gasteiger partial charge is 0.494 e. The summed E-state index contributed by atoms with van der Waals surface area (Å²) in [5.74, 6) is -0.126. The van der Waals surface area contributed by atoms with Crippen molar-refractivity contribution in [2.24, 2.45) is 5.73 Å². The summed E-state index contributed by atoms with van der Waals surface area (Å²) in [6, 6.07) is 4.66. The Morgan fingerprint density at radius 1 is 1.60 bits per heavy atom. The first-order valence-corrected chi connectivity index (χ1v) is 4.89. The van der Waals surface area contributed by atoms with Gasteiger partial charge in [-0.2, -0.15) is 0 Å². The average Bonchev–Trinajstić information content (AvgIpc) is 2.25. The number of methoxy groups -OCH3 is 1. The Hall–Kier alpha value is -1.35. The van der Waals surface area contributed by atoms with Gasteiger partial charge >= 0.3 is 0 Å². The molecule has 15 heavy (non-hydrogen) atoms. The van der Waals surface area contributed by atoms with E-state index in [2.05, 4.69) is 6.58 Å². The third kappa shape index (κ3) is 3.06. The third-order valence-corrected chi connectivity index (χ3v) is 2.29. The Balaban J connectivity index is 2.77. The fraction of sp³-hybridized carbons (Fsp3) is 0.333. The van der Waals surface area contributed by atoms with Crippen molar-refractivity contribution in [2.75, 3.05) is 7.11 Å². The molecule has 0 radical (unpaired) electrons. The highest BCUT2D eigenvalue weighted by molar-refractivity contribution is 5.30. The van der Waals surface area contributed by atoms with E-state index in [4.69, 9.17) is 10.5 Å². The number of ether oxygens (including phenoxy) is 1.